The van der Waals surface area contributed by atoms with Gasteiger partial charge in [0.15, 0.2) is 0 Å². The lowest BCUT2D eigenvalue weighted by atomic mass is 10.0. The number of hydrogen-bond donors (Lipinski definition) is 1. The number of rotatable bonds is 5. The Morgan fingerprint density at radius 1 is 1.40 bits per heavy atom. The van der Waals surface area contributed by atoms with E-state index >= 15 is 0 Å². The fraction of sp³-hybridized carbons (Fsp3) is 0.562. The van der Waals surface area contributed by atoms with Crippen LogP contribution in [0.5, 0.6) is 5.75 Å². The number of aliphatic hydroxyl groups is 1. The molecule has 0 radical (unpaired) electrons. The van der Waals surface area contributed by atoms with E-state index in [1.165, 1.54) is 19.3 Å². The molecule has 0 saturated carbocycles. The molecule has 108 valence electrons. The fourth-order valence-electron chi connectivity index (χ4n) is 2.57. The first-order chi connectivity index (χ1) is 9.69. The smallest absolute Gasteiger partial charge is 0.119 e. The second kappa shape index (κ2) is 7.28. The number of β-amino-alcohol motifs (C(OH)–C–C–N with tert-alkyl or cyclic N) is 1. The van der Waals surface area contributed by atoms with Crippen molar-refractivity contribution in [3.05, 3.63) is 29.8 Å². The van der Waals surface area contributed by atoms with Gasteiger partial charge in [0, 0.05) is 12.6 Å². The van der Waals surface area contributed by atoms with Crippen LogP contribution in [-0.2, 0) is 0 Å². The van der Waals surface area contributed by atoms with Crippen LogP contribution in [0.15, 0.2) is 24.3 Å². The maximum atomic E-state index is 10.1. The average molecular weight is 274 g/mol. The van der Waals surface area contributed by atoms with Crippen molar-refractivity contribution in [1.82, 2.24) is 4.90 Å². The van der Waals surface area contributed by atoms with E-state index in [1.54, 1.807) is 24.3 Å². The van der Waals surface area contributed by atoms with Gasteiger partial charge in [-0.25, -0.2) is 0 Å². The molecule has 4 nitrogen and oxygen atoms in total. The molecule has 20 heavy (non-hydrogen) atoms. The van der Waals surface area contributed by atoms with Crippen molar-refractivity contribution in [1.29, 1.82) is 5.26 Å². The Balaban J connectivity index is 1.76. The van der Waals surface area contributed by atoms with Gasteiger partial charge in [0.2, 0.25) is 0 Å². The summed E-state index contributed by atoms with van der Waals surface area (Å²) in [5.74, 6) is 0.690. The van der Waals surface area contributed by atoms with E-state index in [2.05, 4.69) is 17.9 Å². The highest BCUT2D eigenvalue weighted by Crippen LogP contribution is 2.17. The average Bonchev–Trinajstić information content (AvgIpc) is 2.48. The van der Waals surface area contributed by atoms with Gasteiger partial charge in [0.05, 0.1) is 11.6 Å². The summed E-state index contributed by atoms with van der Waals surface area (Å²) in [5, 5.41) is 18.8. The lowest BCUT2D eigenvalue weighted by Crippen LogP contribution is -2.43. The second-order valence-electron chi connectivity index (χ2n) is 5.44. The van der Waals surface area contributed by atoms with Crippen LogP contribution in [0.2, 0.25) is 0 Å². The highest BCUT2D eigenvalue weighted by atomic mass is 16.5. The van der Waals surface area contributed by atoms with Crippen LogP contribution in [0.4, 0.5) is 0 Å². The summed E-state index contributed by atoms with van der Waals surface area (Å²) >= 11 is 0. The number of benzene rings is 1. The van der Waals surface area contributed by atoms with Crippen molar-refractivity contribution in [2.45, 2.75) is 38.3 Å². The van der Waals surface area contributed by atoms with E-state index in [0.29, 0.717) is 23.9 Å². The van der Waals surface area contributed by atoms with E-state index in [0.717, 1.165) is 6.54 Å². The maximum Gasteiger partial charge on any atom is 0.119 e. The van der Waals surface area contributed by atoms with Crippen molar-refractivity contribution in [2.75, 3.05) is 19.7 Å². The zero-order valence-corrected chi connectivity index (χ0v) is 12.0. The summed E-state index contributed by atoms with van der Waals surface area (Å²) < 4.78 is 5.56. The zero-order chi connectivity index (χ0) is 14.4. The number of nitrogens with zero attached hydrogens (tertiary/aromatic N) is 2. The number of nitriles is 1. The Morgan fingerprint density at radius 2 is 2.15 bits per heavy atom. The zero-order valence-electron chi connectivity index (χ0n) is 12.0. The molecule has 0 aliphatic carbocycles. The monoisotopic (exact) mass is 274 g/mol. The fourth-order valence-corrected chi connectivity index (χ4v) is 2.57. The maximum absolute atomic E-state index is 10.1. The first-order valence-electron chi connectivity index (χ1n) is 7.24. The predicted molar refractivity (Wildman–Crippen MR) is 77.5 cm³/mol. The molecule has 0 amide bonds. The summed E-state index contributed by atoms with van der Waals surface area (Å²) in [4.78, 5) is 2.33. The minimum Gasteiger partial charge on any atom is -0.491 e. The Hall–Kier alpha value is -1.57. The van der Waals surface area contributed by atoms with Gasteiger partial charge < -0.3 is 9.84 Å². The molecule has 1 saturated heterocycles. The third-order valence-electron chi connectivity index (χ3n) is 3.81. The Morgan fingerprint density at radius 3 is 2.80 bits per heavy atom. The van der Waals surface area contributed by atoms with Crippen LogP contribution in [0.25, 0.3) is 0 Å². The van der Waals surface area contributed by atoms with E-state index in [9.17, 15) is 5.11 Å². The number of piperidine rings is 1. The van der Waals surface area contributed by atoms with Crippen molar-refractivity contribution < 1.29 is 9.84 Å². The second-order valence-corrected chi connectivity index (χ2v) is 5.44. The van der Waals surface area contributed by atoms with E-state index in [4.69, 9.17) is 10.00 Å². The van der Waals surface area contributed by atoms with Crippen molar-refractivity contribution in [2.24, 2.45) is 0 Å². The van der Waals surface area contributed by atoms with Crippen LogP contribution >= 0.6 is 0 Å². The van der Waals surface area contributed by atoms with Gasteiger partial charge in [-0.05, 0) is 50.6 Å². The third-order valence-corrected chi connectivity index (χ3v) is 3.81. The molecule has 1 aliphatic heterocycles. The molecule has 1 heterocycles. The largest absolute Gasteiger partial charge is 0.491 e. The van der Waals surface area contributed by atoms with E-state index in [-0.39, 0.29) is 6.61 Å². The Kier molecular flexibility index (Phi) is 5.40. The van der Waals surface area contributed by atoms with Crippen LogP contribution < -0.4 is 4.74 Å². The number of aliphatic hydroxyl groups excluding tert-OH is 1. The third kappa shape index (κ3) is 4.22. The molecule has 2 atom stereocenters. The van der Waals surface area contributed by atoms with Gasteiger partial charge in [-0.3, -0.25) is 4.90 Å². The minimum atomic E-state index is -0.480. The normalized spacial score (nSPS) is 21.1. The summed E-state index contributed by atoms with van der Waals surface area (Å²) in [5.41, 5.74) is 0.611. The van der Waals surface area contributed by atoms with Gasteiger partial charge in [-0.15, -0.1) is 0 Å². The molecular weight excluding hydrogens is 252 g/mol. The molecule has 0 aromatic heterocycles. The topological polar surface area (TPSA) is 56.5 Å². The number of ether oxygens (including phenoxy) is 1. The van der Waals surface area contributed by atoms with Gasteiger partial charge in [-0.2, -0.15) is 5.26 Å². The molecular formula is C16H22N2O2. The molecule has 0 unspecified atom stereocenters. The molecule has 1 aliphatic rings. The lowest BCUT2D eigenvalue weighted by molar-refractivity contribution is 0.0438. The van der Waals surface area contributed by atoms with Gasteiger partial charge >= 0.3 is 0 Å². The molecule has 2 rings (SSSR count). The summed E-state index contributed by atoms with van der Waals surface area (Å²) in [6.45, 7) is 4.23. The standard InChI is InChI=1S/C16H22N2O2/c1-13-4-2-3-9-18(13)11-15(19)12-20-16-7-5-14(10-17)6-8-16/h5-8,13,15,19H,2-4,9,11-12H2,1H3/t13-,15+/m1/s1. The van der Waals surface area contributed by atoms with Crippen LogP contribution in [0.3, 0.4) is 0 Å². The highest BCUT2D eigenvalue weighted by molar-refractivity contribution is 5.34. The molecule has 1 fully saturated rings. The molecule has 4 heteroatoms. The predicted octanol–water partition coefficient (Wildman–Crippen LogP) is 2.17. The van der Waals surface area contributed by atoms with Crippen molar-refractivity contribution in [3.63, 3.8) is 0 Å². The van der Waals surface area contributed by atoms with Crippen molar-refractivity contribution in [3.8, 4) is 11.8 Å². The lowest BCUT2D eigenvalue weighted by Gasteiger charge is -2.34. The minimum absolute atomic E-state index is 0.287. The van der Waals surface area contributed by atoms with Gasteiger partial charge in [-0.1, -0.05) is 6.42 Å². The Labute approximate surface area is 120 Å². The van der Waals surface area contributed by atoms with Gasteiger partial charge in [0.1, 0.15) is 18.5 Å². The summed E-state index contributed by atoms with van der Waals surface area (Å²) in [7, 11) is 0. The van der Waals surface area contributed by atoms with Crippen LogP contribution in [0.1, 0.15) is 31.7 Å². The summed E-state index contributed by atoms with van der Waals surface area (Å²) in [6, 6.07) is 9.57. The van der Waals surface area contributed by atoms with Crippen LogP contribution in [0, 0.1) is 11.3 Å². The molecule has 1 aromatic rings. The summed E-state index contributed by atoms with van der Waals surface area (Å²) in [6.07, 6.45) is 3.23. The van der Waals surface area contributed by atoms with Crippen LogP contribution in [-0.4, -0.2) is 41.8 Å². The SMILES string of the molecule is C[C@@H]1CCCCN1C[C@H](O)COc1ccc(C#N)cc1. The number of hydrogen-bond acceptors (Lipinski definition) is 4. The molecule has 0 spiro atoms. The van der Waals surface area contributed by atoms with Crippen molar-refractivity contribution >= 4 is 0 Å². The molecule has 1 aromatic carbocycles. The highest BCUT2D eigenvalue weighted by Gasteiger charge is 2.20. The first kappa shape index (κ1) is 14.8. The first-order valence-corrected chi connectivity index (χ1v) is 7.24. The number of likely N-dealkylation sites (tertiary alicyclic amines) is 1. The quantitative estimate of drug-likeness (QED) is 0.894. The molecule has 1 N–H and O–H groups in total. The molecule has 0 bridgehead atoms. The van der Waals surface area contributed by atoms with E-state index in [1.807, 2.05) is 0 Å². The Bertz CT molecular complexity index is 453. The van der Waals surface area contributed by atoms with E-state index < -0.39 is 6.10 Å². The van der Waals surface area contributed by atoms with Gasteiger partial charge in [0.25, 0.3) is 0 Å².